The number of anilines is 1. The van der Waals surface area contributed by atoms with Crippen LogP contribution in [0.15, 0.2) is 18.2 Å². The van der Waals surface area contributed by atoms with Gasteiger partial charge in [0.1, 0.15) is 5.82 Å². The van der Waals surface area contributed by atoms with Gasteiger partial charge in [0.05, 0.1) is 17.2 Å². The van der Waals surface area contributed by atoms with Gasteiger partial charge in [-0.2, -0.15) is 5.26 Å². The summed E-state index contributed by atoms with van der Waals surface area (Å²) in [4.78, 5) is 2.00. The molecule has 0 unspecified atom stereocenters. The Balaban J connectivity index is 2.19. The molecule has 1 heterocycles. The molecule has 1 N–H and O–H groups in total. The molecule has 0 bridgehead atoms. The molecule has 1 aliphatic heterocycles. The highest BCUT2D eigenvalue weighted by Gasteiger charge is 2.27. The molecule has 1 aromatic carbocycles. The van der Waals surface area contributed by atoms with Crippen LogP contribution in [0.5, 0.6) is 0 Å². The van der Waals surface area contributed by atoms with E-state index in [1.54, 1.807) is 6.07 Å². The number of hydrogen-bond acceptors (Lipinski definition) is 3. The van der Waals surface area contributed by atoms with Crippen LogP contribution in [0.4, 0.5) is 10.1 Å². The largest absolute Gasteiger partial charge is 0.390 e. The molecular formula is C13H15FN2O. The summed E-state index contributed by atoms with van der Waals surface area (Å²) in [6, 6.07) is 6.29. The fourth-order valence-electron chi connectivity index (χ4n) is 2.07. The van der Waals surface area contributed by atoms with Crippen LogP contribution in [-0.2, 0) is 0 Å². The second kappa shape index (κ2) is 4.34. The third-order valence-electron chi connectivity index (χ3n) is 3.22. The molecule has 4 heteroatoms. The minimum Gasteiger partial charge on any atom is -0.390 e. The first-order valence-electron chi connectivity index (χ1n) is 5.68. The van der Waals surface area contributed by atoms with Crippen LogP contribution in [0.25, 0.3) is 0 Å². The van der Waals surface area contributed by atoms with Crippen molar-refractivity contribution in [1.82, 2.24) is 0 Å². The summed E-state index contributed by atoms with van der Waals surface area (Å²) >= 11 is 0. The van der Waals surface area contributed by atoms with Crippen LogP contribution >= 0.6 is 0 Å². The lowest BCUT2D eigenvalue weighted by molar-refractivity contribution is 0.0351. The zero-order valence-electron chi connectivity index (χ0n) is 9.78. The maximum atomic E-state index is 13.3. The molecule has 0 saturated carbocycles. The molecule has 90 valence electrons. The molecule has 1 fully saturated rings. The van der Waals surface area contributed by atoms with Gasteiger partial charge in [0, 0.05) is 18.8 Å². The van der Waals surface area contributed by atoms with Crippen molar-refractivity contribution in [1.29, 1.82) is 5.26 Å². The molecular weight excluding hydrogens is 219 g/mol. The molecule has 1 saturated heterocycles. The molecule has 0 aromatic heterocycles. The van der Waals surface area contributed by atoms with Crippen LogP contribution in [0.1, 0.15) is 25.3 Å². The smallest absolute Gasteiger partial charge is 0.126 e. The summed E-state index contributed by atoms with van der Waals surface area (Å²) in [5, 5.41) is 18.6. The Labute approximate surface area is 100 Å². The summed E-state index contributed by atoms with van der Waals surface area (Å²) in [5.41, 5.74) is 0.427. The van der Waals surface area contributed by atoms with E-state index >= 15 is 0 Å². The van der Waals surface area contributed by atoms with Gasteiger partial charge in [0.2, 0.25) is 0 Å². The van der Waals surface area contributed by atoms with Crippen LogP contribution in [-0.4, -0.2) is 23.8 Å². The summed E-state index contributed by atoms with van der Waals surface area (Å²) in [5.74, 6) is -0.392. The van der Waals surface area contributed by atoms with Crippen molar-refractivity contribution in [3.8, 4) is 6.07 Å². The molecule has 3 nitrogen and oxygen atoms in total. The SMILES string of the molecule is CC1(O)CCN(c2cc(F)cc(C#N)c2)CC1. The van der Waals surface area contributed by atoms with Gasteiger partial charge >= 0.3 is 0 Å². The van der Waals surface area contributed by atoms with Gasteiger partial charge < -0.3 is 10.0 Å². The van der Waals surface area contributed by atoms with Crippen LogP contribution in [0.3, 0.4) is 0 Å². The number of aliphatic hydroxyl groups is 1. The van der Waals surface area contributed by atoms with E-state index in [4.69, 9.17) is 5.26 Å². The quantitative estimate of drug-likeness (QED) is 0.809. The zero-order valence-corrected chi connectivity index (χ0v) is 9.78. The second-order valence-corrected chi connectivity index (χ2v) is 4.79. The van der Waals surface area contributed by atoms with E-state index in [2.05, 4.69) is 0 Å². The standard InChI is InChI=1S/C13H15FN2O/c1-13(17)2-4-16(5-3-13)12-7-10(9-15)6-11(14)8-12/h6-8,17H,2-5H2,1H3. The Kier molecular flexibility index (Phi) is 3.03. The van der Waals surface area contributed by atoms with E-state index < -0.39 is 11.4 Å². The molecule has 0 aliphatic carbocycles. The molecule has 1 aliphatic rings. The average Bonchev–Trinajstić information content (AvgIpc) is 2.28. The Morgan fingerprint density at radius 1 is 1.35 bits per heavy atom. The van der Waals surface area contributed by atoms with Crippen molar-refractivity contribution in [2.75, 3.05) is 18.0 Å². The van der Waals surface area contributed by atoms with Gasteiger partial charge in [-0.3, -0.25) is 0 Å². The average molecular weight is 234 g/mol. The molecule has 2 rings (SSSR count). The van der Waals surface area contributed by atoms with E-state index in [9.17, 15) is 9.50 Å². The van der Waals surface area contributed by atoms with Gasteiger partial charge in [-0.25, -0.2) is 4.39 Å². The number of halogens is 1. The van der Waals surface area contributed by atoms with Gasteiger partial charge in [-0.1, -0.05) is 0 Å². The lowest BCUT2D eigenvalue weighted by Gasteiger charge is -2.37. The van der Waals surface area contributed by atoms with Crippen molar-refractivity contribution < 1.29 is 9.50 Å². The Bertz CT molecular complexity index is 455. The maximum absolute atomic E-state index is 13.3. The topological polar surface area (TPSA) is 47.3 Å². The van der Waals surface area contributed by atoms with Crippen molar-refractivity contribution in [2.24, 2.45) is 0 Å². The molecule has 0 amide bonds. The first-order chi connectivity index (χ1) is 8.00. The van der Waals surface area contributed by atoms with Crippen molar-refractivity contribution in [3.05, 3.63) is 29.6 Å². The third-order valence-corrected chi connectivity index (χ3v) is 3.22. The highest BCUT2D eigenvalue weighted by molar-refractivity contribution is 5.52. The van der Waals surface area contributed by atoms with Gasteiger partial charge in [0.15, 0.2) is 0 Å². The van der Waals surface area contributed by atoms with Crippen LogP contribution in [0, 0.1) is 17.1 Å². The highest BCUT2D eigenvalue weighted by atomic mass is 19.1. The number of hydrogen-bond donors (Lipinski definition) is 1. The second-order valence-electron chi connectivity index (χ2n) is 4.79. The normalized spacial score (nSPS) is 18.8. The summed E-state index contributed by atoms with van der Waals surface area (Å²) in [7, 11) is 0. The fraction of sp³-hybridized carbons (Fsp3) is 0.462. The summed E-state index contributed by atoms with van der Waals surface area (Å²) < 4.78 is 13.3. The predicted molar refractivity (Wildman–Crippen MR) is 63.2 cm³/mol. The molecule has 17 heavy (non-hydrogen) atoms. The summed E-state index contributed by atoms with van der Waals surface area (Å²) in [6.07, 6.45) is 1.32. The lowest BCUT2D eigenvalue weighted by Crippen LogP contribution is -2.42. The Morgan fingerprint density at radius 3 is 2.59 bits per heavy atom. The van der Waals surface area contributed by atoms with E-state index in [0.717, 1.165) is 5.69 Å². The number of nitriles is 1. The minimum absolute atomic E-state index is 0.331. The highest BCUT2D eigenvalue weighted by Crippen LogP contribution is 2.26. The maximum Gasteiger partial charge on any atom is 0.126 e. The molecule has 0 atom stereocenters. The van der Waals surface area contributed by atoms with Gasteiger partial charge in [-0.05, 0) is 38.0 Å². The first kappa shape index (κ1) is 11.9. The monoisotopic (exact) mass is 234 g/mol. The van der Waals surface area contributed by atoms with Crippen LogP contribution < -0.4 is 4.90 Å². The lowest BCUT2D eigenvalue weighted by atomic mass is 9.93. The fourth-order valence-corrected chi connectivity index (χ4v) is 2.07. The number of piperidine rings is 1. The number of benzene rings is 1. The van der Waals surface area contributed by atoms with E-state index in [0.29, 0.717) is 31.5 Å². The number of rotatable bonds is 1. The summed E-state index contributed by atoms with van der Waals surface area (Å²) in [6.45, 7) is 3.18. The van der Waals surface area contributed by atoms with E-state index in [-0.39, 0.29) is 0 Å². The predicted octanol–water partition coefficient (Wildman–Crippen LogP) is 2.05. The van der Waals surface area contributed by atoms with Gasteiger partial charge in [0.25, 0.3) is 0 Å². The number of nitrogens with zero attached hydrogens (tertiary/aromatic N) is 2. The molecule has 1 aromatic rings. The van der Waals surface area contributed by atoms with Gasteiger partial charge in [-0.15, -0.1) is 0 Å². The molecule has 0 spiro atoms. The van der Waals surface area contributed by atoms with Crippen molar-refractivity contribution in [2.45, 2.75) is 25.4 Å². The third kappa shape index (κ3) is 2.75. The van der Waals surface area contributed by atoms with E-state index in [1.165, 1.54) is 12.1 Å². The first-order valence-corrected chi connectivity index (χ1v) is 5.68. The van der Waals surface area contributed by atoms with Crippen molar-refractivity contribution in [3.63, 3.8) is 0 Å². The molecule has 0 radical (unpaired) electrons. The van der Waals surface area contributed by atoms with E-state index in [1.807, 2.05) is 17.9 Å². The van der Waals surface area contributed by atoms with Crippen molar-refractivity contribution >= 4 is 5.69 Å². The zero-order chi connectivity index (χ0) is 12.5. The Morgan fingerprint density at radius 2 is 2.00 bits per heavy atom. The Hall–Kier alpha value is -1.60. The minimum atomic E-state index is -0.623. The van der Waals surface area contributed by atoms with Crippen LogP contribution in [0.2, 0.25) is 0 Å².